The number of carbonyl (C=O) groups is 6. The molecule has 17 heteroatoms. The molecule has 0 amide bonds. The number of nitrogens with zero attached hydrogens (tertiary/aromatic N) is 1. The molecule has 4 aliphatic rings. The smallest absolute Gasteiger partial charge is 0.404 e. The third-order valence-electron chi connectivity index (χ3n) is 11.7. The van der Waals surface area contributed by atoms with Gasteiger partial charge in [0.2, 0.25) is 4.60 Å². The number of ketones is 2. The molecule has 2 heterocycles. The van der Waals surface area contributed by atoms with Crippen LogP contribution in [0.4, 0.5) is 0 Å². The summed E-state index contributed by atoms with van der Waals surface area (Å²) in [5, 5.41) is 1.26. The fourth-order valence-corrected chi connectivity index (χ4v) is 10.4. The zero-order valence-corrected chi connectivity index (χ0v) is 30.6. The lowest BCUT2D eigenvalue weighted by atomic mass is 9.44. The van der Waals surface area contributed by atoms with E-state index in [1.54, 1.807) is 6.07 Å². The van der Waals surface area contributed by atoms with E-state index < -0.39 is 84.5 Å². The standard InChI is InChI=1S/C38H37N2O14S/c1-21-25-13-14-26-37(27(19-41)36(2,3)16-15-28(37)42)20-52-35(46)38(26,29(21)43)30(25)53-34(45)23-11-9-22(10-12-23)33(44)51-18-17-50-31-32(40(47)54-39-31)55(48,49)24-7-5-4-6-8-24/h4-12,19,25-27,30,39H,1,13-18,20H2,2-3H3/q+1/t25-,26-,27+,30+,37-,38-/m0/s1. The summed E-state index contributed by atoms with van der Waals surface area (Å²) < 4.78 is 52.4. The van der Waals surface area contributed by atoms with E-state index in [-0.39, 0.29) is 71.1 Å². The van der Waals surface area contributed by atoms with Crippen molar-refractivity contribution in [1.82, 2.24) is 5.16 Å². The van der Waals surface area contributed by atoms with E-state index in [0.717, 1.165) is 6.29 Å². The van der Waals surface area contributed by atoms with Gasteiger partial charge in [-0.15, -0.1) is 0 Å². The monoisotopic (exact) mass is 777 g/mol. The van der Waals surface area contributed by atoms with E-state index in [0.29, 0.717) is 6.42 Å². The van der Waals surface area contributed by atoms with Crippen LogP contribution in [0.1, 0.15) is 60.2 Å². The molecular weight excluding hydrogens is 740 g/mol. The first-order valence-electron chi connectivity index (χ1n) is 17.6. The molecule has 288 valence electrons. The topological polar surface area (TPSA) is 225 Å². The van der Waals surface area contributed by atoms with Gasteiger partial charge < -0.3 is 23.7 Å². The van der Waals surface area contributed by atoms with Crippen LogP contribution >= 0.6 is 0 Å². The van der Waals surface area contributed by atoms with Crippen molar-refractivity contribution in [3.05, 3.63) is 82.8 Å². The molecule has 1 aliphatic heterocycles. The number of aromatic amines is 1. The molecule has 2 bridgehead atoms. The average Bonchev–Trinajstić information content (AvgIpc) is 3.60. The molecule has 55 heavy (non-hydrogen) atoms. The van der Waals surface area contributed by atoms with Crippen molar-refractivity contribution < 1.29 is 65.4 Å². The predicted octanol–water partition coefficient (Wildman–Crippen LogP) is 3.02. The Bertz CT molecular complexity index is 2290. The first-order valence-corrected chi connectivity index (χ1v) is 19.1. The lowest BCUT2D eigenvalue weighted by Crippen LogP contribution is -2.70. The molecule has 1 N–H and O–H groups in total. The number of nitrogens with one attached hydrogen (secondary N) is 1. The Balaban J connectivity index is 1.04. The number of rotatable bonds is 10. The SMILES string of the molecule is C=C1C(=O)[C@@]23C(=O)OC[C@]4(C(=O)CCC(C)(C)[C@H]4C=O)[C@@H]2CC[C@@H]1[C@H]3OC(=O)c1ccc(C(=O)OCCOc2[nH]o[n+](=O)c2S(=O)(=O)c2ccccc2)cc1. The summed E-state index contributed by atoms with van der Waals surface area (Å²) in [6.45, 7) is 6.58. The maximum atomic E-state index is 14.1. The van der Waals surface area contributed by atoms with Crippen LogP contribution in [-0.2, 0) is 43.2 Å². The lowest BCUT2D eigenvalue weighted by molar-refractivity contribution is -0.744. The molecule has 1 saturated heterocycles. The molecule has 0 radical (unpaired) electrons. The summed E-state index contributed by atoms with van der Waals surface area (Å²) in [5.74, 6) is -6.61. The van der Waals surface area contributed by atoms with Gasteiger partial charge in [0.15, 0.2) is 11.2 Å². The van der Waals surface area contributed by atoms with Crippen molar-refractivity contribution in [2.45, 2.75) is 55.6 Å². The summed E-state index contributed by atoms with van der Waals surface area (Å²) in [7, 11) is -4.32. The third-order valence-corrected chi connectivity index (χ3v) is 13.5. The number of aromatic nitrogens is 2. The third kappa shape index (κ3) is 5.65. The highest BCUT2D eigenvalue weighted by molar-refractivity contribution is 7.91. The van der Waals surface area contributed by atoms with E-state index >= 15 is 0 Å². The van der Waals surface area contributed by atoms with Gasteiger partial charge in [0.25, 0.3) is 9.84 Å². The Morgan fingerprint density at radius 3 is 2.35 bits per heavy atom. The minimum Gasteiger partial charge on any atom is -0.464 e. The summed E-state index contributed by atoms with van der Waals surface area (Å²) >= 11 is 0. The van der Waals surface area contributed by atoms with Crippen LogP contribution in [0.5, 0.6) is 5.88 Å². The summed E-state index contributed by atoms with van der Waals surface area (Å²) in [6.07, 6.45) is 0.498. The molecule has 3 saturated carbocycles. The molecule has 3 aromatic rings. The van der Waals surface area contributed by atoms with Gasteiger partial charge in [-0.3, -0.25) is 14.4 Å². The van der Waals surface area contributed by atoms with Gasteiger partial charge in [0.05, 0.1) is 21.4 Å². The van der Waals surface area contributed by atoms with Crippen LogP contribution in [0.15, 0.2) is 81.3 Å². The Morgan fingerprint density at radius 1 is 1.00 bits per heavy atom. The summed E-state index contributed by atoms with van der Waals surface area (Å²) in [5.41, 5.74) is -4.08. The molecule has 1 aromatic heterocycles. The number of hydrogen-bond donors (Lipinski definition) is 1. The Morgan fingerprint density at radius 2 is 1.67 bits per heavy atom. The number of cyclic esters (lactones) is 1. The number of ether oxygens (including phenoxy) is 4. The van der Waals surface area contributed by atoms with Gasteiger partial charge in [-0.2, -0.15) is 0 Å². The highest BCUT2D eigenvalue weighted by atomic mass is 32.2. The minimum atomic E-state index is -4.32. The molecule has 2 spiro atoms. The molecule has 2 aromatic carbocycles. The highest BCUT2D eigenvalue weighted by Crippen LogP contribution is 2.67. The molecule has 7 rings (SSSR count). The zero-order valence-electron chi connectivity index (χ0n) is 29.8. The van der Waals surface area contributed by atoms with E-state index in [4.69, 9.17) is 18.9 Å². The summed E-state index contributed by atoms with van der Waals surface area (Å²) in [4.78, 5) is 92.8. The second kappa shape index (κ2) is 13.5. The number of esters is 3. The fourth-order valence-electron chi connectivity index (χ4n) is 9.06. The predicted molar refractivity (Wildman–Crippen MR) is 184 cm³/mol. The molecule has 6 atom stereocenters. The van der Waals surface area contributed by atoms with Crippen molar-refractivity contribution in [3.8, 4) is 5.88 Å². The maximum Gasteiger partial charge on any atom is 0.404 e. The largest absolute Gasteiger partial charge is 0.464 e. The van der Waals surface area contributed by atoms with Crippen molar-refractivity contribution >= 4 is 45.6 Å². The number of carbonyl (C=O) groups excluding carboxylic acids is 6. The second-order valence-corrected chi connectivity index (χ2v) is 16.8. The number of Topliss-reactive ketones (excluding diaryl/α,β-unsaturated/α-hetero) is 2. The van der Waals surface area contributed by atoms with Crippen molar-refractivity contribution in [2.24, 2.45) is 34.0 Å². The van der Waals surface area contributed by atoms with E-state index in [1.807, 2.05) is 13.8 Å². The van der Waals surface area contributed by atoms with Crippen LogP contribution in [0.25, 0.3) is 0 Å². The first kappa shape index (κ1) is 37.6. The lowest BCUT2D eigenvalue weighted by Gasteiger charge is -2.59. The molecule has 3 aliphatic carbocycles. The van der Waals surface area contributed by atoms with Gasteiger partial charge in [-0.25, -0.2) is 18.0 Å². The molecule has 0 unspecified atom stereocenters. The van der Waals surface area contributed by atoms with Crippen molar-refractivity contribution in [1.29, 1.82) is 0 Å². The number of fused-ring (bicyclic) bond motifs is 2. The first-order chi connectivity index (χ1) is 26.1. The fraction of sp³-hybridized carbons (Fsp3) is 0.421. The van der Waals surface area contributed by atoms with Crippen LogP contribution in [0.2, 0.25) is 0 Å². The zero-order chi connectivity index (χ0) is 39.5. The second-order valence-electron chi connectivity index (χ2n) is 14.9. The Hall–Kier alpha value is -5.71. The number of sulfone groups is 1. The van der Waals surface area contributed by atoms with Gasteiger partial charge in [0, 0.05) is 24.2 Å². The molecule has 4 fully saturated rings. The van der Waals surface area contributed by atoms with Crippen molar-refractivity contribution in [2.75, 3.05) is 19.8 Å². The van der Waals surface area contributed by atoms with Crippen LogP contribution < -0.4 is 9.34 Å². The van der Waals surface area contributed by atoms with Crippen LogP contribution in [0.3, 0.4) is 0 Å². The van der Waals surface area contributed by atoms with E-state index in [1.165, 1.54) is 48.5 Å². The van der Waals surface area contributed by atoms with E-state index in [9.17, 15) is 42.1 Å². The average molecular weight is 778 g/mol. The number of aldehydes is 1. The summed E-state index contributed by atoms with van der Waals surface area (Å²) in [6, 6.07) is 12.3. The normalized spacial score (nSPS) is 28.3. The van der Waals surface area contributed by atoms with Crippen LogP contribution in [-0.4, -0.2) is 75.3 Å². The Labute approximate surface area is 313 Å². The quantitative estimate of drug-likeness (QED) is 0.0780. The minimum absolute atomic E-state index is 0.0206. The van der Waals surface area contributed by atoms with Crippen molar-refractivity contribution in [3.63, 3.8) is 0 Å². The van der Waals surface area contributed by atoms with Gasteiger partial charge in [0.1, 0.15) is 38.0 Å². The number of hydrogen-bond acceptors (Lipinski definition) is 14. The van der Waals surface area contributed by atoms with E-state index in [2.05, 4.69) is 16.4 Å². The molecular formula is C38H37N2O14S+. The number of H-pyrrole nitrogens is 1. The number of benzene rings is 2. The molecule has 16 nitrogen and oxygen atoms in total. The van der Waals surface area contributed by atoms with Gasteiger partial charge in [-0.05, 0) is 76.7 Å². The maximum absolute atomic E-state index is 14.1. The Kier molecular flexibility index (Phi) is 9.26. The van der Waals surface area contributed by atoms with Gasteiger partial charge >= 0.3 is 28.8 Å². The van der Waals surface area contributed by atoms with Gasteiger partial charge in [-0.1, -0.05) is 43.3 Å². The van der Waals surface area contributed by atoms with Crippen LogP contribution in [0, 0.1) is 38.9 Å². The highest BCUT2D eigenvalue weighted by Gasteiger charge is 2.78.